The van der Waals surface area contributed by atoms with Crippen molar-refractivity contribution in [2.75, 3.05) is 0 Å². The van der Waals surface area contributed by atoms with Gasteiger partial charge in [0.25, 0.3) is 0 Å². The normalized spacial score (nSPS) is 11.2. The van der Waals surface area contributed by atoms with Gasteiger partial charge in [-0.1, -0.05) is 60.7 Å². The number of hydrogen-bond donors (Lipinski definition) is 0. The van der Waals surface area contributed by atoms with E-state index in [4.69, 9.17) is 23.2 Å². The summed E-state index contributed by atoms with van der Waals surface area (Å²) in [6, 6.07) is 18.6. The third-order valence-electron chi connectivity index (χ3n) is 3.80. The maximum atomic E-state index is 12.0. The van der Waals surface area contributed by atoms with Gasteiger partial charge in [0.05, 0.1) is 0 Å². The Balaban J connectivity index is 2.22. The van der Waals surface area contributed by atoms with Crippen LogP contribution in [0.2, 0.25) is 0 Å². The van der Waals surface area contributed by atoms with Crippen LogP contribution in [-0.4, -0.2) is 10.5 Å². The second-order valence-electron chi connectivity index (χ2n) is 5.16. The second kappa shape index (κ2) is 7.57. The predicted molar refractivity (Wildman–Crippen MR) is 89.2 cm³/mol. The molecule has 0 atom stereocenters. The molecule has 0 unspecified atom stereocenters. The molecule has 2 rings (SSSR count). The van der Waals surface area contributed by atoms with Gasteiger partial charge in [-0.2, -0.15) is 0 Å². The van der Waals surface area contributed by atoms with Crippen molar-refractivity contribution in [3.05, 3.63) is 71.8 Å². The summed E-state index contributed by atoms with van der Waals surface area (Å²) in [7, 11) is 0. The first-order chi connectivity index (χ1) is 10.6. The van der Waals surface area contributed by atoms with Crippen molar-refractivity contribution in [1.29, 1.82) is 0 Å². The van der Waals surface area contributed by atoms with Gasteiger partial charge in [-0.3, -0.25) is 9.59 Å². The Hall–Kier alpha value is -1.64. The van der Waals surface area contributed by atoms with E-state index in [1.54, 1.807) is 24.3 Å². The molecule has 0 spiro atoms. The van der Waals surface area contributed by atoms with E-state index in [2.05, 4.69) is 0 Å². The molecule has 0 radical (unpaired) electrons. The summed E-state index contributed by atoms with van der Waals surface area (Å²) in [5.74, 6) is 0. The molecule has 0 aromatic heterocycles. The van der Waals surface area contributed by atoms with Crippen LogP contribution >= 0.6 is 23.2 Å². The number of halogens is 2. The SMILES string of the molecule is O=C(Cl)C(CCCc1ccccc1)(C(=O)Cl)c1ccccc1. The molecule has 2 nitrogen and oxygen atoms in total. The minimum Gasteiger partial charge on any atom is -0.280 e. The van der Waals surface area contributed by atoms with E-state index in [1.807, 2.05) is 36.4 Å². The average molecular weight is 335 g/mol. The molecule has 0 heterocycles. The van der Waals surface area contributed by atoms with Gasteiger partial charge in [0.2, 0.25) is 10.5 Å². The molecular formula is C18H16Cl2O2. The molecule has 114 valence electrons. The van der Waals surface area contributed by atoms with Crippen molar-refractivity contribution in [3.8, 4) is 0 Å². The van der Waals surface area contributed by atoms with Crippen LogP contribution in [0.4, 0.5) is 0 Å². The zero-order chi connectivity index (χ0) is 16.0. The van der Waals surface area contributed by atoms with Crippen LogP contribution in [0, 0.1) is 0 Å². The largest absolute Gasteiger partial charge is 0.280 e. The standard InChI is InChI=1S/C18H16Cl2O2/c19-16(21)18(17(20)22,15-11-5-2-6-12-15)13-7-10-14-8-3-1-4-9-14/h1-6,8-9,11-12H,7,10,13H2. The lowest BCUT2D eigenvalue weighted by atomic mass is 9.78. The monoisotopic (exact) mass is 334 g/mol. The van der Waals surface area contributed by atoms with E-state index >= 15 is 0 Å². The maximum Gasteiger partial charge on any atom is 0.241 e. The highest BCUT2D eigenvalue weighted by Crippen LogP contribution is 2.35. The smallest absolute Gasteiger partial charge is 0.241 e. The summed E-state index contributed by atoms with van der Waals surface area (Å²) in [6.45, 7) is 0. The zero-order valence-electron chi connectivity index (χ0n) is 12.0. The highest BCUT2D eigenvalue weighted by molar-refractivity contribution is 6.76. The average Bonchev–Trinajstić information content (AvgIpc) is 2.53. The minimum atomic E-state index is -1.47. The van der Waals surface area contributed by atoms with Crippen LogP contribution in [0.25, 0.3) is 0 Å². The van der Waals surface area contributed by atoms with Crippen LogP contribution in [0.5, 0.6) is 0 Å². The molecule has 0 saturated carbocycles. The molecule has 2 aromatic rings. The molecule has 0 bridgehead atoms. The first kappa shape index (κ1) is 16.7. The molecule has 0 aliphatic carbocycles. The van der Waals surface area contributed by atoms with Crippen LogP contribution < -0.4 is 0 Å². The number of aryl methyl sites for hydroxylation is 1. The van der Waals surface area contributed by atoms with Crippen molar-refractivity contribution < 1.29 is 9.59 Å². The third-order valence-corrected chi connectivity index (χ3v) is 4.44. The molecule has 0 aliphatic rings. The summed E-state index contributed by atoms with van der Waals surface area (Å²) in [5.41, 5.74) is 0.218. The van der Waals surface area contributed by atoms with Crippen molar-refractivity contribution in [2.45, 2.75) is 24.7 Å². The van der Waals surface area contributed by atoms with E-state index < -0.39 is 15.9 Å². The fourth-order valence-electron chi connectivity index (χ4n) is 2.57. The van der Waals surface area contributed by atoms with Crippen molar-refractivity contribution in [1.82, 2.24) is 0 Å². The number of rotatable bonds is 7. The highest BCUT2D eigenvalue weighted by atomic mass is 35.5. The summed E-state index contributed by atoms with van der Waals surface area (Å²) in [5, 5.41) is -1.46. The van der Waals surface area contributed by atoms with Gasteiger partial charge in [-0.05, 0) is 53.6 Å². The molecule has 0 N–H and O–H groups in total. The Morgan fingerprint density at radius 2 is 1.32 bits per heavy atom. The van der Waals surface area contributed by atoms with Crippen LogP contribution in [-0.2, 0) is 21.4 Å². The van der Waals surface area contributed by atoms with Crippen molar-refractivity contribution >= 4 is 33.7 Å². The lowest BCUT2D eigenvalue weighted by molar-refractivity contribution is -0.126. The van der Waals surface area contributed by atoms with Gasteiger partial charge in [-0.15, -0.1) is 0 Å². The Kier molecular flexibility index (Phi) is 5.76. The Morgan fingerprint density at radius 3 is 1.82 bits per heavy atom. The van der Waals surface area contributed by atoms with Gasteiger partial charge >= 0.3 is 0 Å². The van der Waals surface area contributed by atoms with Crippen molar-refractivity contribution in [2.24, 2.45) is 0 Å². The zero-order valence-corrected chi connectivity index (χ0v) is 13.5. The lowest BCUT2D eigenvalue weighted by Crippen LogP contribution is -2.39. The van der Waals surface area contributed by atoms with E-state index in [0.717, 1.165) is 12.0 Å². The number of hydrogen-bond acceptors (Lipinski definition) is 2. The fourth-order valence-corrected chi connectivity index (χ4v) is 3.20. The Labute approximate surface area is 140 Å². The van der Waals surface area contributed by atoms with E-state index in [-0.39, 0.29) is 6.42 Å². The predicted octanol–water partition coefficient (Wildman–Crippen LogP) is 4.48. The van der Waals surface area contributed by atoms with E-state index in [0.29, 0.717) is 12.0 Å². The third kappa shape index (κ3) is 3.57. The van der Waals surface area contributed by atoms with Gasteiger partial charge in [0, 0.05) is 0 Å². The van der Waals surface area contributed by atoms with Gasteiger partial charge < -0.3 is 0 Å². The molecule has 0 saturated heterocycles. The Bertz CT molecular complexity index is 625. The summed E-state index contributed by atoms with van der Waals surface area (Å²) in [6.07, 6.45) is 1.68. The van der Waals surface area contributed by atoms with E-state index in [1.165, 1.54) is 0 Å². The number of benzene rings is 2. The van der Waals surface area contributed by atoms with Gasteiger partial charge in [0.15, 0.2) is 0 Å². The lowest BCUT2D eigenvalue weighted by Gasteiger charge is -2.26. The fraction of sp³-hybridized carbons (Fsp3) is 0.222. The van der Waals surface area contributed by atoms with Gasteiger partial charge in [0.1, 0.15) is 5.41 Å². The molecular weight excluding hydrogens is 319 g/mol. The summed E-state index contributed by atoms with van der Waals surface area (Å²) < 4.78 is 0. The number of carbonyl (C=O) groups excluding carboxylic acids is 2. The van der Waals surface area contributed by atoms with Gasteiger partial charge in [-0.25, -0.2) is 0 Å². The molecule has 0 fully saturated rings. The molecule has 4 heteroatoms. The molecule has 0 amide bonds. The molecule has 2 aromatic carbocycles. The number of carbonyl (C=O) groups is 2. The summed E-state index contributed by atoms with van der Waals surface area (Å²) in [4.78, 5) is 24.0. The Morgan fingerprint density at radius 1 is 0.818 bits per heavy atom. The molecule has 0 aliphatic heterocycles. The highest BCUT2D eigenvalue weighted by Gasteiger charge is 2.45. The van der Waals surface area contributed by atoms with Crippen LogP contribution in [0.1, 0.15) is 24.0 Å². The van der Waals surface area contributed by atoms with E-state index in [9.17, 15) is 9.59 Å². The molecule has 22 heavy (non-hydrogen) atoms. The van der Waals surface area contributed by atoms with Crippen LogP contribution in [0.3, 0.4) is 0 Å². The van der Waals surface area contributed by atoms with Crippen molar-refractivity contribution in [3.63, 3.8) is 0 Å². The second-order valence-corrected chi connectivity index (χ2v) is 5.84. The summed E-state index contributed by atoms with van der Waals surface area (Å²) >= 11 is 11.5. The first-order valence-electron chi connectivity index (χ1n) is 7.06. The van der Waals surface area contributed by atoms with Crippen LogP contribution in [0.15, 0.2) is 60.7 Å². The maximum absolute atomic E-state index is 12.0. The quantitative estimate of drug-likeness (QED) is 0.552. The minimum absolute atomic E-state index is 0.288. The first-order valence-corrected chi connectivity index (χ1v) is 7.82. The topological polar surface area (TPSA) is 34.1 Å².